The Morgan fingerprint density at radius 2 is 1.94 bits per heavy atom. The quantitative estimate of drug-likeness (QED) is 0.796. The standard InChI is InChI=1S/C11H18N2O2S/c1-3-8-16(14,15)13-11-7-5-4-6-10(11)9-12-2/h4-7,12-13H,3,8-9H2,1-2H3. The predicted molar refractivity (Wildman–Crippen MR) is 66.9 cm³/mol. The Balaban J connectivity index is 2.88. The molecule has 2 N–H and O–H groups in total. The molecule has 0 unspecified atom stereocenters. The highest BCUT2D eigenvalue weighted by molar-refractivity contribution is 7.92. The molecule has 0 aromatic heterocycles. The molecule has 0 fully saturated rings. The Morgan fingerprint density at radius 1 is 1.25 bits per heavy atom. The first-order valence-electron chi connectivity index (χ1n) is 5.32. The van der Waals surface area contributed by atoms with Crippen molar-refractivity contribution in [2.75, 3.05) is 17.5 Å². The van der Waals surface area contributed by atoms with E-state index in [1.165, 1.54) is 0 Å². The van der Waals surface area contributed by atoms with Crippen molar-refractivity contribution < 1.29 is 8.42 Å². The summed E-state index contributed by atoms with van der Waals surface area (Å²) in [6.45, 7) is 2.49. The molecule has 5 heteroatoms. The van der Waals surface area contributed by atoms with Crippen LogP contribution >= 0.6 is 0 Å². The topological polar surface area (TPSA) is 58.2 Å². The van der Waals surface area contributed by atoms with Gasteiger partial charge in [-0.25, -0.2) is 8.42 Å². The number of sulfonamides is 1. The van der Waals surface area contributed by atoms with Crippen LogP contribution in [0.5, 0.6) is 0 Å². The van der Waals surface area contributed by atoms with Crippen molar-refractivity contribution in [1.29, 1.82) is 0 Å². The van der Waals surface area contributed by atoms with Crippen LogP contribution in [0.15, 0.2) is 24.3 Å². The van der Waals surface area contributed by atoms with E-state index in [1.54, 1.807) is 6.07 Å². The lowest BCUT2D eigenvalue weighted by Crippen LogP contribution is -2.18. The normalized spacial score (nSPS) is 11.4. The van der Waals surface area contributed by atoms with Crippen LogP contribution in [0.4, 0.5) is 5.69 Å². The summed E-state index contributed by atoms with van der Waals surface area (Å²) in [4.78, 5) is 0. The molecule has 0 aliphatic carbocycles. The summed E-state index contributed by atoms with van der Waals surface area (Å²) < 4.78 is 25.9. The first-order valence-corrected chi connectivity index (χ1v) is 6.97. The van der Waals surface area contributed by atoms with Crippen LogP contribution in [0, 0.1) is 0 Å². The van der Waals surface area contributed by atoms with Crippen molar-refractivity contribution in [3.05, 3.63) is 29.8 Å². The Bertz CT molecular complexity index is 429. The smallest absolute Gasteiger partial charge is 0.232 e. The highest BCUT2D eigenvalue weighted by atomic mass is 32.2. The molecular formula is C11H18N2O2S. The van der Waals surface area contributed by atoms with E-state index in [-0.39, 0.29) is 5.75 Å². The van der Waals surface area contributed by atoms with Crippen LogP contribution in [0.1, 0.15) is 18.9 Å². The first-order chi connectivity index (χ1) is 7.59. The van der Waals surface area contributed by atoms with Gasteiger partial charge in [-0.3, -0.25) is 4.72 Å². The zero-order chi connectivity index (χ0) is 12.0. The van der Waals surface area contributed by atoms with Gasteiger partial charge in [-0.2, -0.15) is 0 Å². The highest BCUT2D eigenvalue weighted by Crippen LogP contribution is 2.16. The number of para-hydroxylation sites is 1. The largest absolute Gasteiger partial charge is 0.316 e. The third kappa shape index (κ3) is 3.83. The fraction of sp³-hybridized carbons (Fsp3) is 0.455. The second-order valence-electron chi connectivity index (χ2n) is 3.61. The van der Waals surface area contributed by atoms with E-state index in [0.717, 1.165) is 5.56 Å². The van der Waals surface area contributed by atoms with Crippen molar-refractivity contribution in [2.45, 2.75) is 19.9 Å². The lowest BCUT2D eigenvalue weighted by molar-refractivity contribution is 0.600. The molecule has 4 nitrogen and oxygen atoms in total. The number of nitrogens with one attached hydrogen (secondary N) is 2. The van der Waals surface area contributed by atoms with Gasteiger partial charge in [0.1, 0.15) is 0 Å². The van der Waals surface area contributed by atoms with Crippen molar-refractivity contribution in [3.63, 3.8) is 0 Å². The average molecular weight is 242 g/mol. The Morgan fingerprint density at radius 3 is 2.56 bits per heavy atom. The van der Waals surface area contributed by atoms with Crippen LogP contribution in [-0.4, -0.2) is 21.2 Å². The van der Waals surface area contributed by atoms with E-state index >= 15 is 0 Å². The number of hydrogen-bond acceptors (Lipinski definition) is 3. The molecule has 0 atom stereocenters. The Hall–Kier alpha value is -1.07. The van der Waals surface area contributed by atoms with Gasteiger partial charge in [-0.15, -0.1) is 0 Å². The van der Waals surface area contributed by atoms with E-state index in [0.29, 0.717) is 18.7 Å². The molecule has 1 aromatic carbocycles. The SMILES string of the molecule is CCCS(=O)(=O)Nc1ccccc1CNC. The van der Waals surface area contributed by atoms with Gasteiger partial charge < -0.3 is 5.32 Å². The van der Waals surface area contributed by atoms with Crippen LogP contribution in [-0.2, 0) is 16.6 Å². The predicted octanol–water partition coefficient (Wildman–Crippen LogP) is 1.56. The zero-order valence-electron chi connectivity index (χ0n) is 9.66. The van der Waals surface area contributed by atoms with Gasteiger partial charge in [0.05, 0.1) is 11.4 Å². The molecule has 0 saturated heterocycles. The summed E-state index contributed by atoms with van der Waals surface area (Å²) in [5, 5.41) is 3.01. The minimum absolute atomic E-state index is 0.154. The maximum absolute atomic E-state index is 11.6. The zero-order valence-corrected chi connectivity index (χ0v) is 10.5. The van der Waals surface area contributed by atoms with Gasteiger partial charge in [0.15, 0.2) is 0 Å². The molecule has 0 saturated carbocycles. The van der Waals surface area contributed by atoms with E-state index in [4.69, 9.17) is 0 Å². The van der Waals surface area contributed by atoms with Gasteiger partial charge in [0, 0.05) is 6.54 Å². The molecule has 0 bridgehead atoms. The summed E-state index contributed by atoms with van der Waals surface area (Å²) in [6, 6.07) is 7.40. The molecule has 0 heterocycles. The van der Waals surface area contributed by atoms with Gasteiger partial charge in [0.2, 0.25) is 10.0 Å². The lowest BCUT2D eigenvalue weighted by Gasteiger charge is -2.11. The fourth-order valence-electron chi connectivity index (χ4n) is 1.45. The Kier molecular flexibility index (Phi) is 4.76. The summed E-state index contributed by atoms with van der Waals surface area (Å²) in [5.74, 6) is 0.154. The molecular weight excluding hydrogens is 224 g/mol. The summed E-state index contributed by atoms with van der Waals surface area (Å²) >= 11 is 0. The third-order valence-electron chi connectivity index (χ3n) is 2.12. The van der Waals surface area contributed by atoms with Crippen LogP contribution < -0.4 is 10.0 Å². The molecule has 0 amide bonds. The fourth-order valence-corrected chi connectivity index (χ4v) is 2.63. The van der Waals surface area contributed by atoms with Gasteiger partial charge in [0.25, 0.3) is 0 Å². The van der Waals surface area contributed by atoms with Gasteiger partial charge in [-0.05, 0) is 25.1 Å². The van der Waals surface area contributed by atoms with E-state index < -0.39 is 10.0 Å². The van der Waals surface area contributed by atoms with Gasteiger partial charge >= 0.3 is 0 Å². The maximum Gasteiger partial charge on any atom is 0.232 e. The van der Waals surface area contributed by atoms with Crippen LogP contribution in [0.25, 0.3) is 0 Å². The number of hydrogen-bond donors (Lipinski definition) is 2. The lowest BCUT2D eigenvalue weighted by atomic mass is 10.2. The molecule has 1 aromatic rings. The van der Waals surface area contributed by atoms with E-state index in [9.17, 15) is 8.42 Å². The summed E-state index contributed by atoms with van der Waals surface area (Å²) in [6.07, 6.45) is 0.615. The highest BCUT2D eigenvalue weighted by Gasteiger charge is 2.10. The molecule has 1 rings (SSSR count). The molecule has 0 aliphatic rings. The van der Waals surface area contributed by atoms with Crippen molar-refractivity contribution in [2.24, 2.45) is 0 Å². The minimum Gasteiger partial charge on any atom is -0.316 e. The summed E-state index contributed by atoms with van der Waals surface area (Å²) in [7, 11) is -1.37. The molecule has 16 heavy (non-hydrogen) atoms. The second kappa shape index (κ2) is 5.86. The van der Waals surface area contributed by atoms with Crippen molar-refractivity contribution >= 4 is 15.7 Å². The number of anilines is 1. The number of benzene rings is 1. The molecule has 0 aliphatic heterocycles. The van der Waals surface area contributed by atoms with Crippen molar-refractivity contribution in [1.82, 2.24) is 5.32 Å². The second-order valence-corrected chi connectivity index (χ2v) is 5.45. The average Bonchev–Trinajstić information content (AvgIpc) is 2.20. The molecule has 90 valence electrons. The van der Waals surface area contributed by atoms with Crippen LogP contribution in [0.3, 0.4) is 0 Å². The minimum atomic E-state index is -3.20. The number of rotatable bonds is 6. The Labute approximate surface area is 97.1 Å². The van der Waals surface area contributed by atoms with E-state index in [2.05, 4.69) is 10.0 Å². The summed E-state index contributed by atoms with van der Waals surface area (Å²) in [5.41, 5.74) is 1.61. The van der Waals surface area contributed by atoms with Gasteiger partial charge in [-0.1, -0.05) is 25.1 Å². The monoisotopic (exact) mass is 242 g/mol. The van der Waals surface area contributed by atoms with Crippen LogP contribution in [0.2, 0.25) is 0 Å². The first kappa shape index (κ1) is 13.0. The molecule has 0 radical (unpaired) electrons. The van der Waals surface area contributed by atoms with Crippen molar-refractivity contribution in [3.8, 4) is 0 Å². The maximum atomic E-state index is 11.6. The molecule has 0 spiro atoms. The third-order valence-corrected chi connectivity index (χ3v) is 3.60. The van der Waals surface area contributed by atoms with E-state index in [1.807, 2.05) is 32.2 Å².